The molecule has 0 bridgehead atoms. The van der Waals surface area contributed by atoms with Gasteiger partial charge in [-0.2, -0.15) is 0 Å². The van der Waals surface area contributed by atoms with Crippen molar-refractivity contribution in [2.75, 3.05) is 6.61 Å². The number of hydrogen-bond donors (Lipinski definition) is 0. The highest BCUT2D eigenvalue weighted by atomic mass is 35.5. The summed E-state index contributed by atoms with van der Waals surface area (Å²) >= 11 is 6.00. The van der Waals surface area contributed by atoms with E-state index in [2.05, 4.69) is 0 Å². The summed E-state index contributed by atoms with van der Waals surface area (Å²) in [7, 11) is 1.76. The van der Waals surface area contributed by atoms with Crippen LogP contribution in [0, 0.1) is 13.8 Å². The molecule has 0 spiro atoms. The monoisotopic (exact) mass is 441 g/mol. The maximum Gasteiger partial charge on any atom is 0.344 e. The minimum absolute atomic E-state index is 0.0522. The summed E-state index contributed by atoms with van der Waals surface area (Å²) in [5.74, 6) is 0.123. The van der Waals surface area contributed by atoms with Gasteiger partial charge in [0.2, 0.25) is 0 Å². The lowest BCUT2D eigenvalue weighted by Crippen LogP contribution is -2.27. The fourth-order valence-corrected chi connectivity index (χ4v) is 3.76. The first-order valence-corrected chi connectivity index (χ1v) is 10.6. The lowest BCUT2D eigenvalue weighted by molar-refractivity contribution is -0.157. The van der Waals surface area contributed by atoms with Crippen LogP contribution in [0.4, 0.5) is 0 Å². The second-order valence-corrected chi connectivity index (χ2v) is 9.24. The van der Waals surface area contributed by atoms with Gasteiger partial charge in [0.05, 0.1) is 5.52 Å². The van der Waals surface area contributed by atoms with Crippen LogP contribution in [0.2, 0.25) is 5.02 Å². The molecule has 6 heteroatoms. The van der Waals surface area contributed by atoms with Crippen molar-refractivity contribution in [3.05, 3.63) is 74.0 Å². The Morgan fingerprint density at radius 2 is 1.74 bits per heavy atom. The normalized spacial score (nSPS) is 11.6. The Kier molecular flexibility index (Phi) is 6.46. The fourth-order valence-electron chi connectivity index (χ4n) is 3.64. The second kappa shape index (κ2) is 8.75. The summed E-state index contributed by atoms with van der Waals surface area (Å²) in [6.07, 6.45) is 0.477. The van der Waals surface area contributed by atoms with Gasteiger partial charge in [-0.1, -0.05) is 23.7 Å². The van der Waals surface area contributed by atoms with E-state index in [4.69, 9.17) is 21.1 Å². The van der Waals surface area contributed by atoms with E-state index >= 15 is 0 Å². The van der Waals surface area contributed by atoms with Crippen molar-refractivity contribution in [1.29, 1.82) is 0 Å². The van der Waals surface area contributed by atoms with E-state index in [1.165, 1.54) is 0 Å². The number of ether oxygens (including phenoxy) is 2. The van der Waals surface area contributed by atoms with E-state index < -0.39 is 11.6 Å². The lowest BCUT2D eigenvalue weighted by Gasteiger charge is -2.21. The first kappa shape index (κ1) is 22.9. The van der Waals surface area contributed by atoms with Crippen molar-refractivity contribution < 1.29 is 14.3 Å². The molecule has 3 aromatic rings. The van der Waals surface area contributed by atoms with Gasteiger partial charge in [0, 0.05) is 29.4 Å². The van der Waals surface area contributed by atoms with Crippen LogP contribution in [0.15, 0.2) is 41.2 Å². The van der Waals surface area contributed by atoms with Crippen molar-refractivity contribution in [3.8, 4) is 5.75 Å². The molecule has 5 nitrogen and oxygen atoms in total. The average molecular weight is 442 g/mol. The Morgan fingerprint density at radius 1 is 1.10 bits per heavy atom. The van der Waals surface area contributed by atoms with Crippen molar-refractivity contribution in [2.45, 2.75) is 46.6 Å². The molecule has 0 fully saturated rings. The topological polar surface area (TPSA) is 57.5 Å². The smallest absolute Gasteiger partial charge is 0.344 e. The van der Waals surface area contributed by atoms with Crippen LogP contribution in [-0.2, 0) is 23.0 Å². The van der Waals surface area contributed by atoms with Crippen molar-refractivity contribution in [2.24, 2.45) is 7.05 Å². The number of fused-ring (bicyclic) bond motifs is 1. The molecule has 2 aromatic carbocycles. The van der Waals surface area contributed by atoms with Crippen molar-refractivity contribution in [3.63, 3.8) is 0 Å². The van der Waals surface area contributed by atoms with Gasteiger partial charge >= 0.3 is 5.97 Å². The Bertz CT molecular complexity index is 1190. The number of hydrogen-bond acceptors (Lipinski definition) is 4. The molecule has 164 valence electrons. The first-order valence-electron chi connectivity index (χ1n) is 10.2. The number of rotatable bonds is 5. The summed E-state index contributed by atoms with van der Waals surface area (Å²) in [6, 6.07) is 11.3. The molecule has 0 aliphatic carbocycles. The van der Waals surface area contributed by atoms with Crippen LogP contribution in [0.25, 0.3) is 10.9 Å². The van der Waals surface area contributed by atoms with Crippen LogP contribution < -0.4 is 10.3 Å². The summed E-state index contributed by atoms with van der Waals surface area (Å²) in [6.45, 7) is 9.10. The number of halogens is 1. The SMILES string of the molecule is Cc1cc(OCC(=O)OC(C)(C)C)c2c(C)c(Cc3ccc(Cl)cc3)c(=O)n(C)c2c1. The molecule has 0 unspecified atom stereocenters. The van der Waals surface area contributed by atoms with Gasteiger partial charge < -0.3 is 14.0 Å². The Balaban J connectivity index is 2.07. The Morgan fingerprint density at radius 3 is 2.35 bits per heavy atom. The van der Waals surface area contributed by atoms with Crippen molar-refractivity contribution in [1.82, 2.24) is 4.57 Å². The molecule has 0 saturated heterocycles. The predicted octanol–water partition coefficient (Wildman–Crippen LogP) is 5.12. The molecule has 0 aliphatic heterocycles. The van der Waals surface area contributed by atoms with Gasteiger partial charge in [-0.3, -0.25) is 4.79 Å². The van der Waals surface area contributed by atoms with Crippen LogP contribution in [-0.4, -0.2) is 22.7 Å². The second-order valence-electron chi connectivity index (χ2n) is 8.80. The molecule has 0 radical (unpaired) electrons. The van der Waals surface area contributed by atoms with Crippen LogP contribution >= 0.6 is 11.6 Å². The maximum atomic E-state index is 13.1. The average Bonchev–Trinajstić information content (AvgIpc) is 2.67. The van der Waals surface area contributed by atoms with Gasteiger partial charge in [-0.15, -0.1) is 0 Å². The Hall–Kier alpha value is -2.79. The molecule has 0 amide bonds. The standard InChI is InChI=1S/C25H28ClNO4/c1-15-11-20-23(21(12-15)30-14-22(28)31-25(3,4)5)16(2)19(24(29)27(20)6)13-17-7-9-18(26)10-8-17/h7-12H,13-14H2,1-6H3. The number of benzene rings is 2. The zero-order chi connectivity index (χ0) is 22.9. The molecule has 31 heavy (non-hydrogen) atoms. The number of pyridine rings is 1. The molecule has 1 aromatic heterocycles. The van der Waals surface area contributed by atoms with Crippen molar-refractivity contribution >= 4 is 28.5 Å². The number of aryl methyl sites for hydroxylation is 3. The Labute approximate surface area is 187 Å². The van der Waals surface area contributed by atoms with Crippen LogP contribution in [0.5, 0.6) is 5.75 Å². The zero-order valence-electron chi connectivity index (χ0n) is 18.8. The van der Waals surface area contributed by atoms with E-state index in [9.17, 15) is 9.59 Å². The number of nitrogens with zero attached hydrogens (tertiary/aromatic N) is 1. The number of esters is 1. The lowest BCUT2D eigenvalue weighted by atomic mass is 9.97. The summed E-state index contributed by atoms with van der Waals surface area (Å²) in [5, 5.41) is 1.47. The van der Waals surface area contributed by atoms with E-state index in [0.717, 1.165) is 27.6 Å². The number of carbonyl (C=O) groups excluding carboxylic acids is 1. The minimum atomic E-state index is -0.583. The third-order valence-corrected chi connectivity index (χ3v) is 5.29. The first-order chi connectivity index (χ1) is 14.5. The van der Waals surface area contributed by atoms with E-state index in [0.29, 0.717) is 22.8 Å². The zero-order valence-corrected chi connectivity index (χ0v) is 19.6. The molecular formula is C25H28ClNO4. The number of carbonyl (C=O) groups is 1. The molecule has 0 aliphatic rings. The highest BCUT2D eigenvalue weighted by molar-refractivity contribution is 6.30. The molecule has 0 N–H and O–H groups in total. The van der Waals surface area contributed by atoms with Gasteiger partial charge in [0.15, 0.2) is 6.61 Å². The van der Waals surface area contributed by atoms with Crippen LogP contribution in [0.1, 0.15) is 43.0 Å². The quantitative estimate of drug-likeness (QED) is 0.515. The molecule has 3 rings (SSSR count). The van der Waals surface area contributed by atoms with E-state index in [1.807, 2.05) is 71.0 Å². The maximum absolute atomic E-state index is 13.1. The van der Waals surface area contributed by atoms with E-state index in [-0.39, 0.29) is 12.2 Å². The summed E-state index contributed by atoms with van der Waals surface area (Å²) in [5.41, 5.74) is 3.58. The third kappa shape index (κ3) is 5.28. The molecule has 1 heterocycles. The molecule has 0 atom stereocenters. The summed E-state index contributed by atoms with van der Waals surface area (Å²) < 4.78 is 12.9. The summed E-state index contributed by atoms with van der Waals surface area (Å²) in [4.78, 5) is 25.3. The van der Waals surface area contributed by atoms with Gasteiger partial charge in [0.25, 0.3) is 5.56 Å². The largest absolute Gasteiger partial charge is 0.481 e. The highest BCUT2D eigenvalue weighted by Crippen LogP contribution is 2.31. The molecule has 0 saturated carbocycles. The molecular weight excluding hydrogens is 414 g/mol. The van der Waals surface area contributed by atoms with Gasteiger partial charge in [0.1, 0.15) is 11.4 Å². The van der Waals surface area contributed by atoms with Gasteiger partial charge in [-0.25, -0.2) is 4.79 Å². The predicted molar refractivity (Wildman–Crippen MR) is 124 cm³/mol. The van der Waals surface area contributed by atoms with E-state index in [1.54, 1.807) is 11.6 Å². The minimum Gasteiger partial charge on any atom is -0.481 e. The fraction of sp³-hybridized carbons (Fsp3) is 0.360. The van der Waals surface area contributed by atoms with Gasteiger partial charge in [-0.05, 0) is 75.6 Å². The van der Waals surface area contributed by atoms with Crippen LogP contribution in [0.3, 0.4) is 0 Å². The third-order valence-electron chi connectivity index (χ3n) is 5.04. The highest BCUT2D eigenvalue weighted by Gasteiger charge is 2.20. The number of aromatic nitrogens is 1.